The molecule has 3 amide bonds. The van der Waals surface area contributed by atoms with Crippen LogP contribution in [0.3, 0.4) is 0 Å². The highest BCUT2D eigenvalue weighted by molar-refractivity contribution is 14.1. The minimum atomic E-state index is -3.84. The fourth-order valence-corrected chi connectivity index (χ4v) is 5.63. The number of carbonyl (C=O) groups is 3. The van der Waals surface area contributed by atoms with Crippen molar-refractivity contribution in [2.45, 2.75) is 78.3 Å². The number of phenolic OH excluding ortho intramolecular Hbond substituents is 1. The van der Waals surface area contributed by atoms with Gasteiger partial charge in [-0.2, -0.15) is 0 Å². The molecule has 12 nitrogen and oxygen atoms in total. The third-order valence-electron chi connectivity index (χ3n) is 5.79. The van der Waals surface area contributed by atoms with Crippen molar-refractivity contribution in [1.29, 1.82) is 0 Å². The number of carbonyl (C=O) groups excluding carboxylic acids is 3. The summed E-state index contributed by atoms with van der Waals surface area (Å²) in [5.41, 5.74) is -0.779. The van der Waals surface area contributed by atoms with E-state index in [9.17, 15) is 38.0 Å². The van der Waals surface area contributed by atoms with E-state index < -0.39 is 61.4 Å². The number of rotatable bonds is 15. The third kappa shape index (κ3) is 10.7. The molecule has 3 atom stereocenters. The lowest BCUT2D eigenvalue weighted by molar-refractivity contribution is -0.386. The van der Waals surface area contributed by atoms with E-state index in [-0.39, 0.29) is 46.1 Å². The summed E-state index contributed by atoms with van der Waals surface area (Å²) >= 11 is 1.66. The molecular weight excluding hydrogens is 655 g/mol. The van der Waals surface area contributed by atoms with Crippen molar-refractivity contribution >= 4 is 55.8 Å². The molecule has 0 aliphatic carbocycles. The summed E-state index contributed by atoms with van der Waals surface area (Å²) in [6.07, 6.45) is 0.530. The Balaban J connectivity index is 3.26. The van der Waals surface area contributed by atoms with Crippen LogP contribution in [0.5, 0.6) is 5.75 Å². The highest BCUT2D eigenvalue weighted by Gasteiger charge is 2.32. The molecule has 0 unspecified atom stereocenters. The molecule has 1 rings (SSSR count). The van der Waals surface area contributed by atoms with Gasteiger partial charge in [0.25, 0.3) is 5.91 Å². The van der Waals surface area contributed by atoms with Crippen LogP contribution in [0.2, 0.25) is 0 Å². The second-order valence-electron chi connectivity index (χ2n) is 10.8. The van der Waals surface area contributed by atoms with Gasteiger partial charge in [0.05, 0.1) is 8.49 Å². The van der Waals surface area contributed by atoms with E-state index in [2.05, 4.69) is 22.5 Å². The summed E-state index contributed by atoms with van der Waals surface area (Å²) in [6.45, 7) is 14.3. The normalized spacial score (nSPS) is 13.9. The van der Waals surface area contributed by atoms with Crippen LogP contribution in [-0.4, -0.2) is 53.6 Å². The monoisotopic (exact) mass is 694 g/mol. The number of sulfone groups is 1. The van der Waals surface area contributed by atoms with Gasteiger partial charge in [-0.3, -0.25) is 24.5 Å². The molecule has 1 aromatic rings. The average Bonchev–Trinajstić information content (AvgIpc) is 2.82. The van der Waals surface area contributed by atoms with Gasteiger partial charge in [0.1, 0.15) is 17.5 Å². The second kappa shape index (κ2) is 15.3. The maximum absolute atomic E-state index is 13.4. The standard InChI is InChI=1S/C26H39IN4O8S/c1-8-40(38,39)22(11-16(6)7)30-26(35)20(10-15(4)5)29-25(34)19(9-14(2)3)28-24(33)17-12-18(27)23(32)21(13-17)31(36)37/h8,12-16,19-20,22,32H,1,9-11H2,2-7H3,(H,28,33)(H,29,34)(H,30,35)/t19-,20-,22+/m0/s1. The lowest BCUT2D eigenvalue weighted by Crippen LogP contribution is -2.56. The minimum absolute atomic E-state index is 0.0478. The Hall–Kier alpha value is -2.75. The number of hydrogen-bond donors (Lipinski definition) is 4. The molecule has 0 radical (unpaired) electrons. The Labute approximate surface area is 249 Å². The van der Waals surface area contributed by atoms with Crippen LogP contribution in [0, 0.1) is 31.4 Å². The molecular formula is C26H39IN4O8S. The molecule has 4 N–H and O–H groups in total. The van der Waals surface area contributed by atoms with Crippen LogP contribution in [0.15, 0.2) is 24.1 Å². The fraction of sp³-hybridized carbons (Fsp3) is 0.577. The van der Waals surface area contributed by atoms with Crippen LogP contribution in [-0.2, 0) is 19.4 Å². The van der Waals surface area contributed by atoms with Gasteiger partial charge in [-0.05, 0) is 65.7 Å². The molecule has 0 aromatic heterocycles. The predicted molar refractivity (Wildman–Crippen MR) is 160 cm³/mol. The molecule has 1 aromatic carbocycles. The van der Waals surface area contributed by atoms with Crippen molar-refractivity contribution < 1.29 is 32.8 Å². The molecule has 224 valence electrons. The van der Waals surface area contributed by atoms with Gasteiger partial charge >= 0.3 is 5.69 Å². The maximum atomic E-state index is 13.4. The first-order chi connectivity index (χ1) is 18.4. The van der Waals surface area contributed by atoms with Gasteiger partial charge in [-0.25, -0.2) is 8.42 Å². The van der Waals surface area contributed by atoms with Gasteiger partial charge in [0.15, 0.2) is 9.84 Å². The van der Waals surface area contributed by atoms with E-state index in [4.69, 9.17) is 0 Å². The van der Waals surface area contributed by atoms with Crippen molar-refractivity contribution in [2.75, 3.05) is 0 Å². The molecule has 0 bridgehead atoms. The van der Waals surface area contributed by atoms with E-state index in [1.807, 2.05) is 41.5 Å². The summed E-state index contributed by atoms with van der Waals surface area (Å²) in [6, 6.07) is -0.0265. The summed E-state index contributed by atoms with van der Waals surface area (Å²) in [5, 5.41) is 28.6. The summed E-state index contributed by atoms with van der Waals surface area (Å²) in [5.74, 6) is -2.86. The lowest BCUT2D eigenvalue weighted by atomic mass is 9.99. The predicted octanol–water partition coefficient (Wildman–Crippen LogP) is 3.63. The highest BCUT2D eigenvalue weighted by atomic mass is 127. The van der Waals surface area contributed by atoms with Crippen molar-refractivity contribution in [1.82, 2.24) is 16.0 Å². The summed E-state index contributed by atoms with van der Waals surface area (Å²) in [4.78, 5) is 50.1. The Morgan fingerprint density at radius 1 is 0.950 bits per heavy atom. The summed E-state index contributed by atoms with van der Waals surface area (Å²) in [7, 11) is -3.84. The largest absolute Gasteiger partial charge is 0.501 e. The number of amides is 3. The fourth-order valence-electron chi connectivity index (χ4n) is 3.85. The zero-order valence-electron chi connectivity index (χ0n) is 23.6. The molecule has 40 heavy (non-hydrogen) atoms. The first-order valence-electron chi connectivity index (χ1n) is 12.8. The molecule has 0 saturated carbocycles. The first-order valence-corrected chi connectivity index (χ1v) is 15.5. The number of nitro benzene ring substituents is 1. The lowest BCUT2D eigenvalue weighted by Gasteiger charge is -2.27. The smallest absolute Gasteiger partial charge is 0.312 e. The number of benzene rings is 1. The van der Waals surface area contributed by atoms with Crippen LogP contribution in [0.1, 0.15) is 71.2 Å². The Morgan fingerprint density at radius 2 is 1.43 bits per heavy atom. The maximum Gasteiger partial charge on any atom is 0.312 e. The highest BCUT2D eigenvalue weighted by Crippen LogP contribution is 2.32. The third-order valence-corrected chi connectivity index (χ3v) is 8.18. The number of nitro groups is 1. The minimum Gasteiger partial charge on any atom is -0.501 e. The Kier molecular flexibility index (Phi) is 13.5. The first kappa shape index (κ1) is 35.3. The molecule has 0 spiro atoms. The van der Waals surface area contributed by atoms with E-state index in [0.29, 0.717) is 0 Å². The number of nitrogens with one attached hydrogen (secondary N) is 3. The molecule has 0 heterocycles. The van der Waals surface area contributed by atoms with E-state index >= 15 is 0 Å². The molecule has 0 fully saturated rings. The van der Waals surface area contributed by atoms with Crippen LogP contribution < -0.4 is 16.0 Å². The second-order valence-corrected chi connectivity index (χ2v) is 14.1. The van der Waals surface area contributed by atoms with Crippen LogP contribution in [0.4, 0.5) is 5.69 Å². The number of aromatic hydroxyl groups is 1. The molecule has 0 aliphatic heterocycles. The van der Waals surface area contributed by atoms with Gasteiger partial charge < -0.3 is 21.1 Å². The Morgan fingerprint density at radius 3 is 1.88 bits per heavy atom. The van der Waals surface area contributed by atoms with Gasteiger partial charge in [-0.1, -0.05) is 48.1 Å². The van der Waals surface area contributed by atoms with Gasteiger partial charge in [-0.15, -0.1) is 0 Å². The van der Waals surface area contributed by atoms with Gasteiger partial charge in [0.2, 0.25) is 17.6 Å². The summed E-state index contributed by atoms with van der Waals surface area (Å²) < 4.78 is 25.1. The quantitative estimate of drug-likeness (QED) is 0.122. The van der Waals surface area contributed by atoms with Crippen molar-refractivity contribution in [2.24, 2.45) is 17.8 Å². The SMILES string of the molecule is C=CS(=O)(=O)[C@H](CC(C)C)NC(=O)[C@H](CC(C)C)NC(=O)[C@H](CC(C)C)NC(=O)c1cc(I)c(O)c([N+](=O)[O-])c1. The van der Waals surface area contributed by atoms with Gasteiger partial charge in [0, 0.05) is 17.0 Å². The van der Waals surface area contributed by atoms with Crippen molar-refractivity contribution in [3.05, 3.63) is 43.4 Å². The topological polar surface area (TPSA) is 185 Å². The number of hydrogen-bond acceptors (Lipinski definition) is 8. The van der Waals surface area contributed by atoms with Crippen molar-refractivity contribution in [3.63, 3.8) is 0 Å². The van der Waals surface area contributed by atoms with E-state index in [1.54, 1.807) is 22.6 Å². The zero-order chi connectivity index (χ0) is 30.9. The molecule has 0 aliphatic rings. The van der Waals surface area contributed by atoms with E-state index in [0.717, 1.165) is 11.5 Å². The number of halogens is 1. The van der Waals surface area contributed by atoms with Crippen molar-refractivity contribution in [3.8, 4) is 5.75 Å². The molecule has 14 heteroatoms. The van der Waals surface area contributed by atoms with Crippen LogP contribution >= 0.6 is 22.6 Å². The Bertz CT molecular complexity index is 1220. The zero-order valence-corrected chi connectivity index (χ0v) is 26.5. The average molecular weight is 695 g/mol. The number of nitrogens with zero attached hydrogens (tertiary/aromatic N) is 1. The molecule has 0 saturated heterocycles. The van der Waals surface area contributed by atoms with E-state index in [1.165, 1.54) is 6.07 Å². The number of phenols is 1. The van der Waals surface area contributed by atoms with Crippen LogP contribution in [0.25, 0.3) is 0 Å².